The summed E-state index contributed by atoms with van der Waals surface area (Å²) in [5, 5.41) is 9.50. The number of benzene rings is 1. The molecule has 0 spiro atoms. The molecule has 84 valence electrons. The number of hydrogen-bond acceptors (Lipinski definition) is 2. The Morgan fingerprint density at radius 2 is 2.00 bits per heavy atom. The summed E-state index contributed by atoms with van der Waals surface area (Å²) in [7, 11) is 0. The van der Waals surface area contributed by atoms with Crippen LogP contribution in [0.3, 0.4) is 0 Å². The normalized spacial score (nSPS) is 12.7. The third-order valence-corrected chi connectivity index (χ3v) is 3.81. The van der Waals surface area contributed by atoms with Gasteiger partial charge >= 0.3 is 0 Å². The number of thioether (sulfide) groups is 1. The van der Waals surface area contributed by atoms with Crippen molar-refractivity contribution < 1.29 is 5.11 Å². The molecule has 1 unspecified atom stereocenters. The van der Waals surface area contributed by atoms with E-state index in [-0.39, 0.29) is 6.61 Å². The summed E-state index contributed by atoms with van der Waals surface area (Å²) < 4.78 is 0. The van der Waals surface area contributed by atoms with E-state index in [0.717, 1.165) is 6.42 Å². The molecule has 1 aromatic carbocycles. The Hall–Kier alpha value is -0.470. The van der Waals surface area contributed by atoms with Gasteiger partial charge in [-0.2, -0.15) is 11.8 Å². The molecule has 1 N–H and O–H groups in total. The predicted octanol–water partition coefficient (Wildman–Crippen LogP) is 3.64. The van der Waals surface area contributed by atoms with E-state index in [0.29, 0.717) is 5.25 Å². The van der Waals surface area contributed by atoms with Crippen molar-refractivity contribution in [1.82, 2.24) is 0 Å². The molecule has 0 saturated heterocycles. The summed E-state index contributed by atoms with van der Waals surface area (Å²) in [5.74, 6) is 1.19. The minimum atomic E-state index is 0.276. The first-order chi connectivity index (χ1) is 7.38. The molecular formula is C13H20OS. The lowest BCUT2D eigenvalue weighted by atomic mass is 10.1. The number of aliphatic hydroxyl groups is 1. The van der Waals surface area contributed by atoms with Crippen LogP contribution < -0.4 is 0 Å². The fourth-order valence-corrected chi connectivity index (χ4v) is 2.86. The fourth-order valence-electron chi connectivity index (χ4n) is 1.50. The van der Waals surface area contributed by atoms with E-state index in [1.807, 2.05) is 17.8 Å². The van der Waals surface area contributed by atoms with Gasteiger partial charge in [0.05, 0.1) is 0 Å². The van der Waals surface area contributed by atoms with Crippen molar-refractivity contribution in [3.05, 3.63) is 35.9 Å². The molecule has 1 atom stereocenters. The van der Waals surface area contributed by atoms with Gasteiger partial charge in [-0.05, 0) is 24.2 Å². The van der Waals surface area contributed by atoms with Crippen molar-refractivity contribution in [3.8, 4) is 0 Å². The summed E-state index contributed by atoms with van der Waals surface area (Å²) in [6.45, 7) is 2.49. The number of rotatable bonds is 7. The second kappa shape index (κ2) is 7.77. The highest BCUT2D eigenvalue weighted by Gasteiger charge is 2.10. The first-order valence-corrected chi connectivity index (χ1v) is 6.70. The molecule has 2 heteroatoms. The summed E-state index contributed by atoms with van der Waals surface area (Å²) in [6.07, 6.45) is 3.37. The Balaban J connectivity index is 2.50. The van der Waals surface area contributed by atoms with E-state index >= 15 is 0 Å². The van der Waals surface area contributed by atoms with E-state index in [1.54, 1.807) is 0 Å². The van der Waals surface area contributed by atoms with Gasteiger partial charge in [-0.25, -0.2) is 0 Å². The van der Waals surface area contributed by atoms with Crippen molar-refractivity contribution >= 4 is 11.8 Å². The maximum absolute atomic E-state index is 9.04. The van der Waals surface area contributed by atoms with Crippen LogP contribution in [0.25, 0.3) is 0 Å². The van der Waals surface area contributed by atoms with Crippen molar-refractivity contribution in [2.45, 2.75) is 31.4 Å². The smallest absolute Gasteiger partial charge is 0.0444 e. The van der Waals surface area contributed by atoms with Crippen LogP contribution in [0.15, 0.2) is 30.3 Å². The lowest BCUT2D eigenvalue weighted by Gasteiger charge is -2.15. The lowest BCUT2D eigenvalue weighted by Crippen LogP contribution is -1.98. The van der Waals surface area contributed by atoms with Gasteiger partial charge in [0, 0.05) is 11.9 Å². The minimum absolute atomic E-state index is 0.276. The topological polar surface area (TPSA) is 20.2 Å². The van der Waals surface area contributed by atoms with Crippen LogP contribution in [-0.4, -0.2) is 17.5 Å². The first-order valence-electron chi connectivity index (χ1n) is 5.66. The third kappa shape index (κ3) is 4.72. The molecule has 0 aliphatic rings. The maximum atomic E-state index is 9.04. The Morgan fingerprint density at radius 3 is 2.60 bits per heavy atom. The summed E-state index contributed by atoms with van der Waals surface area (Å²) >= 11 is 1.96. The average molecular weight is 224 g/mol. The second-order valence-electron chi connectivity index (χ2n) is 3.64. The number of hydrogen-bond donors (Lipinski definition) is 1. The molecule has 0 aliphatic carbocycles. The number of unbranched alkanes of at least 4 members (excludes halogenated alkanes) is 1. The van der Waals surface area contributed by atoms with E-state index in [4.69, 9.17) is 5.11 Å². The van der Waals surface area contributed by atoms with Gasteiger partial charge < -0.3 is 5.11 Å². The summed E-state index contributed by atoms with van der Waals surface area (Å²) in [4.78, 5) is 0. The summed E-state index contributed by atoms with van der Waals surface area (Å²) in [5.41, 5.74) is 1.34. The molecule has 1 aromatic rings. The van der Waals surface area contributed by atoms with Gasteiger partial charge in [-0.1, -0.05) is 43.7 Å². The molecule has 1 nitrogen and oxygen atoms in total. The molecular weight excluding hydrogens is 204 g/mol. The fraction of sp³-hybridized carbons (Fsp3) is 0.538. The molecule has 0 radical (unpaired) electrons. The zero-order valence-electron chi connectivity index (χ0n) is 9.36. The molecule has 1 rings (SSSR count). The Kier molecular flexibility index (Phi) is 6.53. The van der Waals surface area contributed by atoms with Crippen LogP contribution in [0.1, 0.15) is 37.0 Å². The molecule has 0 bridgehead atoms. The van der Waals surface area contributed by atoms with Gasteiger partial charge in [0.1, 0.15) is 0 Å². The Bertz CT molecular complexity index is 248. The molecule has 0 aromatic heterocycles. The zero-order valence-corrected chi connectivity index (χ0v) is 10.2. The van der Waals surface area contributed by atoms with Crippen LogP contribution in [0.4, 0.5) is 0 Å². The van der Waals surface area contributed by atoms with Gasteiger partial charge in [-0.15, -0.1) is 0 Å². The zero-order chi connectivity index (χ0) is 10.9. The molecule has 0 fully saturated rings. The highest BCUT2D eigenvalue weighted by atomic mass is 32.2. The van der Waals surface area contributed by atoms with Gasteiger partial charge in [0.2, 0.25) is 0 Å². The maximum Gasteiger partial charge on any atom is 0.0444 e. The largest absolute Gasteiger partial charge is 0.396 e. The molecule has 0 amide bonds. The monoisotopic (exact) mass is 224 g/mol. The Morgan fingerprint density at radius 1 is 1.27 bits per heavy atom. The van der Waals surface area contributed by atoms with E-state index in [9.17, 15) is 0 Å². The summed E-state index contributed by atoms with van der Waals surface area (Å²) in [6, 6.07) is 10.5. The van der Waals surface area contributed by atoms with Gasteiger partial charge in [-0.3, -0.25) is 0 Å². The lowest BCUT2D eigenvalue weighted by molar-refractivity contribution is 0.287. The highest BCUT2D eigenvalue weighted by molar-refractivity contribution is 7.99. The SMILES string of the molecule is CCCCSC(CCO)c1ccccc1. The average Bonchev–Trinajstić information content (AvgIpc) is 2.29. The van der Waals surface area contributed by atoms with Crippen molar-refractivity contribution in [3.63, 3.8) is 0 Å². The molecule has 0 saturated carbocycles. The van der Waals surface area contributed by atoms with Crippen LogP contribution in [-0.2, 0) is 0 Å². The van der Waals surface area contributed by atoms with E-state index in [2.05, 4.69) is 31.2 Å². The van der Waals surface area contributed by atoms with Crippen LogP contribution in [0.5, 0.6) is 0 Å². The first kappa shape index (κ1) is 12.6. The standard InChI is InChI=1S/C13H20OS/c1-2-3-11-15-13(9-10-14)12-7-5-4-6-8-12/h4-8,13-14H,2-3,9-11H2,1H3. The van der Waals surface area contributed by atoms with Crippen molar-refractivity contribution in [1.29, 1.82) is 0 Å². The minimum Gasteiger partial charge on any atom is -0.396 e. The van der Waals surface area contributed by atoms with Crippen LogP contribution in [0, 0.1) is 0 Å². The highest BCUT2D eigenvalue weighted by Crippen LogP contribution is 2.32. The predicted molar refractivity (Wildman–Crippen MR) is 68.3 cm³/mol. The third-order valence-electron chi connectivity index (χ3n) is 2.38. The molecule has 15 heavy (non-hydrogen) atoms. The second-order valence-corrected chi connectivity index (χ2v) is 4.95. The van der Waals surface area contributed by atoms with E-state index in [1.165, 1.54) is 24.2 Å². The van der Waals surface area contributed by atoms with Gasteiger partial charge in [0.25, 0.3) is 0 Å². The molecule has 0 heterocycles. The quantitative estimate of drug-likeness (QED) is 0.713. The van der Waals surface area contributed by atoms with Crippen molar-refractivity contribution in [2.75, 3.05) is 12.4 Å². The Labute approximate surface area is 96.9 Å². The van der Waals surface area contributed by atoms with E-state index < -0.39 is 0 Å². The van der Waals surface area contributed by atoms with Crippen LogP contribution in [0.2, 0.25) is 0 Å². The van der Waals surface area contributed by atoms with Crippen molar-refractivity contribution in [2.24, 2.45) is 0 Å². The van der Waals surface area contributed by atoms with Crippen LogP contribution >= 0.6 is 11.8 Å². The number of aliphatic hydroxyl groups excluding tert-OH is 1. The molecule has 0 aliphatic heterocycles. The van der Waals surface area contributed by atoms with Gasteiger partial charge in [0.15, 0.2) is 0 Å².